The lowest BCUT2D eigenvalue weighted by Gasteiger charge is -2.05. The SMILES string of the molecule is N#CCCc1ccccc1B(O)O. The molecule has 0 saturated heterocycles. The molecule has 4 heteroatoms. The summed E-state index contributed by atoms with van der Waals surface area (Å²) in [5, 5.41) is 26.3. The Labute approximate surface area is 77.4 Å². The molecule has 1 rings (SSSR count). The Morgan fingerprint density at radius 2 is 2.00 bits per heavy atom. The number of hydrogen-bond acceptors (Lipinski definition) is 3. The number of aryl methyl sites for hydroxylation is 1. The van der Waals surface area contributed by atoms with Crippen LogP contribution in [0.1, 0.15) is 12.0 Å². The Morgan fingerprint density at radius 1 is 1.31 bits per heavy atom. The van der Waals surface area contributed by atoms with Crippen molar-refractivity contribution >= 4 is 12.6 Å². The molecule has 0 saturated carbocycles. The van der Waals surface area contributed by atoms with Gasteiger partial charge in [-0.3, -0.25) is 0 Å². The van der Waals surface area contributed by atoms with E-state index in [9.17, 15) is 0 Å². The molecule has 0 spiro atoms. The number of hydrogen-bond donors (Lipinski definition) is 2. The molecule has 3 nitrogen and oxygen atoms in total. The summed E-state index contributed by atoms with van der Waals surface area (Å²) in [6.07, 6.45) is 0.952. The van der Waals surface area contributed by atoms with Crippen LogP contribution in [0.15, 0.2) is 24.3 Å². The molecule has 0 aliphatic heterocycles. The maximum Gasteiger partial charge on any atom is 0.488 e. The molecule has 0 radical (unpaired) electrons. The van der Waals surface area contributed by atoms with Crippen molar-refractivity contribution < 1.29 is 10.0 Å². The van der Waals surface area contributed by atoms with Gasteiger partial charge in [0.05, 0.1) is 6.07 Å². The second-order valence-electron chi connectivity index (χ2n) is 2.73. The first kappa shape index (κ1) is 9.78. The average Bonchev–Trinajstić information content (AvgIpc) is 2.15. The fourth-order valence-electron chi connectivity index (χ4n) is 1.20. The minimum atomic E-state index is -1.45. The van der Waals surface area contributed by atoms with Gasteiger partial charge in [0.15, 0.2) is 0 Å². The van der Waals surface area contributed by atoms with E-state index in [1.54, 1.807) is 18.2 Å². The van der Waals surface area contributed by atoms with Crippen LogP contribution in [0.3, 0.4) is 0 Å². The second-order valence-corrected chi connectivity index (χ2v) is 2.73. The van der Waals surface area contributed by atoms with Crippen molar-refractivity contribution in [2.24, 2.45) is 0 Å². The lowest BCUT2D eigenvalue weighted by Crippen LogP contribution is -2.32. The Kier molecular flexibility index (Phi) is 3.50. The predicted molar refractivity (Wildman–Crippen MR) is 50.2 cm³/mol. The summed E-state index contributed by atoms with van der Waals surface area (Å²) < 4.78 is 0. The van der Waals surface area contributed by atoms with E-state index in [0.29, 0.717) is 18.3 Å². The van der Waals surface area contributed by atoms with Gasteiger partial charge in [-0.25, -0.2) is 0 Å². The molecule has 0 aromatic heterocycles. The van der Waals surface area contributed by atoms with Gasteiger partial charge in [0.2, 0.25) is 0 Å². The summed E-state index contributed by atoms with van der Waals surface area (Å²) in [6, 6.07) is 9.03. The maximum absolute atomic E-state index is 8.98. The van der Waals surface area contributed by atoms with Crippen molar-refractivity contribution in [3.63, 3.8) is 0 Å². The molecule has 13 heavy (non-hydrogen) atoms. The van der Waals surface area contributed by atoms with Gasteiger partial charge >= 0.3 is 7.12 Å². The third-order valence-electron chi connectivity index (χ3n) is 1.84. The van der Waals surface area contributed by atoms with Gasteiger partial charge in [-0.15, -0.1) is 0 Å². The largest absolute Gasteiger partial charge is 0.488 e. The van der Waals surface area contributed by atoms with E-state index in [4.69, 9.17) is 15.3 Å². The Balaban J connectivity index is 2.86. The van der Waals surface area contributed by atoms with Gasteiger partial charge in [-0.05, 0) is 17.4 Å². The normalized spacial score (nSPS) is 9.31. The first-order valence-corrected chi connectivity index (χ1v) is 4.06. The van der Waals surface area contributed by atoms with Crippen molar-refractivity contribution in [1.82, 2.24) is 0 Å². The minimum Gasteiger partial charge on any atom is -0.423 e. The number of rotatable bonds is 3. The van der Waals surface area contributed by atoms with Crippen molar-refractivity contribution in [1.29, 1.82) is 5.26 Å². The number of nitriles is 1. The molecule has 0 amide bonds. The topological polar surface area (TPSA) is 64.2 Å². The first-order valence-electron chi connectivity index (χ1n) is 4.06. The van der Waals surface area contributed by atoms with Gasteiger partial charge in [0, 0.05) is 6.42 Å². The van der Waals surface area contributed by atoms with E-state index < -0.39 is 7.12 Å². The van der Waals surface area contributed by atoms with E-state index in [1.807, 2.05) is 12.1 Å². The third-order valence-corrected chi connectivity index (χ3v) is 1.84. The molecular formula is C9H10BNO2. The highest BCUT2D eigenvalue weighted by Gasteiger charge is 2.14. The molecular weight excluding hydrogens is 165 g/mol. The fourth-order valence-corrected chi connectivity index (χ4v) is 1.20. The smallest absolute Gasteiger partial charge is 0.423 e. The molecule has 0 aliphatic carbocycles. The third kappa shape index (κ3) is 2.58. The van der Waals surface area contributed by atoms with Crippen LogP contribution < -0.4 is 5.46 Å². The summed E-state index contributed by atoms with van der Waals surface area (Å²) in [5.41, 5.74) is 1.30. The lowest BCUT2D eigenvalue weighted by atomic mass is 9.76. The van der Waals surface area contributed by atoms with Gasteiger partial charge in [-0.1, -0.05) is 24.3 Å². The first-order chi connectivity index (χ1) is 6.25. The van der Waals surface area contributed by atoms with Crippen LogP contribution in [-0.2, 0) is 6.42 Å². The van der Waals surface area contributed by atoms with Crippen molar-refractivity contribution in [3.8, 4) is 6.07 Å². The molecule has 66 valence electrons. The highest BCUT2D eigenvalue weighted by Crippen LogP contribution is 2.00. The van der Waals surface area contributed by atoms with E-state index in [2.05, 4.69) is 0 Å². The van der Waals surface area contributed by atoms with Crippen LogP contribution in [0.4, 0.5) is 0 Å². The zero-order valence-electron chi connectivity index (χ0n) is 7.14. The molecule has 0 heterocycles. The molecule has 0 atom stereocenters. The van der Waals surface area contributed by atoms with Crippen LogP contribution in [-0.4, -0.2) is 17.2 Å². The van der Waals surface area contributed by atoms with E-state index >= 15 is 0 Å². The molecule has 1 aromatic rings. The minimum absolute atomic E-state index is 0.393. The van der Waals surface area contributed by atoms with Crippen LogP contribution in [0.5, 0.6) is 0 Å². The van der Waals surface area contributed by atoms with Crippen molar-refractivity contribution in [2.75, 3.05) is 0 Å². The summed E-state index contributed by atoms with van der Waals surface area (Å²) in [5.74, 6) is 0. The zero-order chi connectivity index (χ0) is 9.68. The van der Waals surface area contributed by atoms with Gasteiger partial charge in [0.25, 0.3) is 0 Å². The van der Waals surface area contributed by atoms with Crippen LogP contribution in [0.25, 0.3) is 0 Å². The van der Waals surface area contributed by atoms with Crippen LogP contribution >= 0.6 is 0 Å². The summed E-state index contributed by atoms with van der Waals surface area (Å²) in [6.45, 7) is 0. The van der Waals surface area contributed by atoms with Crippen LogP contribution in [0, 0.1) is 11.3 Å². The summed E-state index contributed by atoms with van der Waals surface area (Å²) >= 11 is 0. The standard InChI is InChI=1S/C9H10BNO2/c11-7-3-5-8-4-1-2-6-9(8)10(12)13/h1-2,4,6,12-13H,3,5H2. The maximum atomic E-state index is 8.98. The summed E-state index contributed by atoms with van der Waals surface area (Å²) in [7, 11) is -1.45. The second kappa shape index (κ2) is 4.66. The van der Waals surface area contributed by atoms with Gasteiger partial charge < -0.3 is 10.0 Å². The fraction of sp³-hybridized carbons (Fsp3) is 0.222. The zero-order valence-corrected chi connectivity index (χ0v) is 7.14. The highest BCUT2D eigenvalue weighted by molar-refractivity contribution is 6.59. The van der Waals surface area contributed by atoms with Crippen LogP contribution in [0.2, 0.25) is 0 Å². The lowest BCUT2D eigenvalue weighted by molar-refractivity contribution is 0.425. The predicted octanol–water partition coefficient (Wildman–Crippen LogP) is -0.177. The monoisotopic (exact) mass is 175 g/mol. The van der Waals surface area contributed by atoms with Gasteiger partial charge in [0.1, 0.15) is 0 Å². The average molecular weight is 175 g/mol. The molecule has 0 bridgehead atoms. The molecule has 0 aliphatic rings. The van der Waals surface area contributed by atoms with Crippen molar-refractivity contribution in [2.45, 2.75) is 12.8 Å². The molecule has 0 unspecified atom stereocenters. The van der Waals surface area contributed by atoms with Gasteiger partial charge in [-0.2, -0.15) is 5.26 Å². The highest BCUT2D eigenvalue weighted by atomic mass is 16.4. The molecule has 0 fully saturated rings. The number of benzene rings is 1. The Morgan fingerprint density at radius 3 is 2.62 bits per heavy atom. The van der Waals surface area contributed by atoms with E-state index in [1.165, 1.54) is 0 Å². The molecule has 1 aromatic carbocycles. The Hall–Kier alpha value is -1.31. The number of nitrogens with zero attached hydrogens (tertiary/aromatic N) is 1. The van der Waals surface area contributed by atoms with E-state index in [0.717, 1.165) is 5.56 Å². The Bertz CT molecular complexity index is 320. The quantitative estimate of drug-likeness (QED) is 0.626. The molecule has 2 N–H and O–H groups in total. The van der Waals surface area contributed by atoms with E-state index in [-0.39, 0.29) is 0 Å². The van der Waals surface area contributed by atoms with Crippen molar-refractivity contribution in [3.05, 3.63) is 29.8 Å². The summed E-state index contributed by atoms with van der Waals surface area (Å²) in [4.78, 5) is 0.